The third kappa shape index (κ3) is 3.48. The van der Waals surface area contributed by atoms with Crippen LogP contribution in [-0.4, -0.2) is 27.2 Å². The SMILES string of the molecule is Cc1cc(C(=O)NCCn2ccc(-c3ccccn3)n2)c(C)o1. The molecule has 0 saturated heterocycles. The van der Waals surface area contributed by atoms with E-state index in [9.17, 15) is 4.79 Å². The Balaban J connectivity index is 1.56. The lowest BCUT2D eigenvalue weighted by molar-refractivity contribution is 0.0950. The van der Waals surface area contributed by atoms with Gasteiger partial charge in [0.1, 0.15) is 17.2 Å². The van der Waals surface area contributed by atoms with Crippen LogP contribution in [0.5, 0.6) is 0 Å². The summed E-state index contributed by atoms with van der Waals surface area (Å²) in [6.07, 6.45) is 3.62. The molecule has 0 bridgehead atoms. The van der Waals surface area contributed by atoms with Crippen LogP contribution in [0.25, 0.3) is 11.4 Å². The zero-order chi connectivity index (χ0) is 16.2. The van der Waals surface area contributed by atoms with E-state index in [2.05, 4.69) is 15.4 Å². The number of pyridine rings is 1. The molecule has 6 nitrogen and oxygen atoms in total. The number of aromatic nitrogens is 3. The Morgan fingerprint density at radius 1 is 1.26 bits per heavy atom. The Bertz CT molecular complexity index is 805. The summed E-state index contributed by atoms with van der Waals surface area (Å²) in [5.41, 5.74) is 2.23. The minimum Gasteiger partial charge on any atom is -0.466 e. The summed E-state index contributed by atoms with van der Waals surface area (Å²) in [4.78, 5) is 16.4. The maximum absolute atomic E-state index is 12.1. The first-order valence-electron chi connectivity index (χ1n) is 7.43. The summed E-state index contributed by atoms with van der Waals surface area (Å²) in [5, 5.41) is 7.33. The number of nitrogens with zero attached hydrogens (tertiary/aromatic N) is 3. The number of carbonyl (C=O) groups is 1. The highest BCUT2D eigenvalue weighted by Gasteiger charge is 2.12. The Morgan fingerprint density at radius 3 is 2.83 bits per heavy atom. The molecule has 0 aliphatic heterocycles. The fraction of sp³-hybridized carbons (Fsp3) is 0.235. The van der Waals surface area contributed by atoms with Crippen LogP contribution in [0, 0.1) is 13.8 Å². The van der Waals surface area contributed by atoms with E-state index >= 15 is 0 Å². The Kier molecular flexibility index (Phi) is 4.23. The van der Waals surface area contributed by atoms with Crippen LogP contribution in [0.3, 0.4) is 0 Å². The predicted molar refractivity (Wildman–Crippen MR) is 86.0 cm³/mol. The van der Waals surface area contributed by atoms with Gasteiger partial charge in [0.2, 0.25) is 0 Å². The van der Waals surface area contributed by atoms with E-state index < -0.39 is 0 Å². The molecule has 0 aliphatic rings. The minimum atomic E-state index is -0.128. The maximum Gasteiger partial charge on any atom is 0.254 e. The fourth-order valence-corrected chi connectivity index (χ4v) is 2.37. The molecule has 3 aromatic rings. The molecule has 0 fully saturated rings. The van der Waals surface area contributed by atoms with Crippen molar-refractivity contribution in [3.8, 4) is 11.4 Å². The highest BCUT2D eigenvalue weighted by Crippen LogP contribution is 2.14. The first-order chi connectivity index (χ1) is 11.1. The normalized spacial score (nSPS) is 10.7. The highest BCUT2D eigenvalue weighted by atomic mass is 16.3. The summed E-state index contributed by atoms with van der Waals surface area (Å²) in [7, 11) is 0. The first-order valence-corrected chi connectivity index (χ1v) is 7.43. The quantitative estimate of drug-likeness (QED) is 0.786. The van der Waals surface area contributed by atoms with Crippen molar-refractivity contribution < 1.29 is 9.21 Å². The molecule has 3 aromatic heterocycles. The Morgan fingerprint density at radius 2 is 2.13 bits per heavy atom. The van der Waals surface area contributed by atoms with Gasteiger partial charge in [-0.1, -0.05) is 6.07 Å². The topological polar surface area (TPSA) is 73.0 Å². The lowest BCUT2D eigenvalue weighted by Crippen LogP contribution is -2.27. The lowest BCUT2D eigenvalue weighted by Gasteiger charge is -2.04. The Hall–Kier alpha value is -2.89. The van der Waals surface area contributed by atoms with Crippen molar-refractivity contribution in [3.05, 3.63) is 59.8 Å². The number of aryl methyl sites for hydroxylation is 2. The average Bonchev–Trinajstić information content (AvgIpc) is 3.14. The average molecular weight is 310 g/mol. The summed E-state index contributed by atoms with van der Waals surface area (Å²) in [5.74, 6) is 1.24. The van der Waals surface area contributed by atoms with Crippen molar-refractivity contribution >= 4 is 5.91 Å². The monoisotopic (exact) mass is 310 g/mol. The van der Waals surface area contributed by atoms with Crippen LogP contribution in [0.15, 0.2) is 47.1 Å². The van der Waals surface area contributed by atoms with E-state index in [1.165, 1.54) is 0 Å². The maximum atomic E-state index is 12.1. The van der Waals surface area contributed by atoms with Gasteiger partial charge in [-0.25, -0.2) is 0 Å². The van der Waals surface area contributed by atoms with Crippen molar-refractivity contribution in [3.63, 3.8) is 0 Å². The van der Waals surface area contributed by atoms with Gasteiger partial charge in [0, 0.05) is 18.9 Å². The standard InChI is InChI=1S/C17H18N4O2/c1-12-11-14(13(2)23-12)17(22)19-8-10-21-9-6-16(20-21)15-5-3-4-7-18-15/h3-7,9,11H,8,10H2,1-2H3,(H,19,22). The van der Waals surface area contributed by atoms with Crippen molar-refractivity contribution in [1.29, 1.82) is 0 Å². The van der Waals surface area contributed by atoms with E-state index in [0.29, 0.717) is 24.4 Å². The lowest BCUT2D eigenvalue weighted by atomic mass is 10.2. The smallest absolute Gasteiger partial charge is 0.254 e. The fourth-order valence-electron chi connectivity index (χ4n) is 2.37. The predicted octanol–water partition coefficient (Wildman–Crippen LogP) is 2.58. The third-order valence-corrected chi connectivity index (χ3v) is 3.48. The zero-order valence-electron chi connectivity index (χ0n) is 13.1. The Labute approximate surface area is 134 Å². The third-order valence-electron chi connectivity index (χ3n) is 3.48. The number of hydrogen-bond acceptors (Lipinski definition) is 4. The second-order valence-electron chi connectivity index (χ2n) is 5.26. The van der Waals surface area contributed by atoms with Gasteiger partial charge in [0.15, 0.2) is 0 Å². The second-order valence-corrected chi connectivity index (χ2v) is 5.26. The summed E-state index contributed by atoms with van der Waals surface area (Å²) < 4.78 is 7.16. The molecule has 0 saturated carbocycles. The second kappa shape index (κ2) is 6.48. The van der Waals surface area contributed by atoms with Gasteiger partial charge >= 0.3 is 0 Å². The molecule has 3 heterocycles. The van der Waals surface area contributed by atoms with Gasteiger partial charge < -0.3 is 9.73 Å². The van der Waals surface area contributed by atoms with Gasteiger partial charge in [-0.2, -0.15) is 5.10 Å². The van der Waals surface area contributed by atoms with Gasteiger partial charge in [0.05, 0.1) is 17.8 Å². The number of hydrogen-bond donors (Lipinski definition) is 1. The van der Waals surface area contributed by atoms with Crippen LogP contribution in [0.4, 0.5) is 0 Å². The number of furan rings is 1. The molecule has 118 valence electrons. The van der Waals surface area contributed by atoms with Gasteiger partial charge in [-0.05, 0) is 38.1 Å². The minimum absolute atomic E-state index is 0.128. The largest absolute Gasteiger partial charge is 0.466 e. The molecule has 6 heteroatoms. The first kappa shape index (κ1) is 15.0. The molecule has 23 heavy (non-hydrogen) atoms. The highest BCUT2D eigenvalue weighted by molar-refractivity contribution is 5.95. The molecule has 0 spiro atoms. The van der Waals surface area contributed by atoms with Crippen molar-refractivity contribution in [1.82, 2.24) is 20.1 Å². The van der Waals surface area contributed by atoms with Crippen molar-refractivity contribution in [2.75, 3.05) is 6.54 Å². The van der Waals surface area contributed by atoms with Gasteiger partial charge in [0.25, 0.3) is 5.91 Å². The number of amides is 1. The zero-order valence-corrected chi connectivity index (χ0v) is 13.1. The van der Waals surface area contributed by atoms with Crippen LogP contribution >= 0.6 is 0 Å². The molecule has 3 rings (SSSR count). The number of carbonyl (C=O) groups excluding carboxylic acids is 1. The summed E-state index contributed by atoms with van der Waals surface area (Å²) in [6, 6.07) is 9.37. The van der Waals surface area contributed by atoms with Crippen molar-refractivity contribution in [2.24, 2.45) is 0 Å². The molecular weight excluding hydrogens is 292 g/mol. The number of nitrogens with one attached hydrogen (secondary N) is 1. The molecule has 0 unspecified atom stereocenters. The molecule has 0 aromatic carbocycles. The van der Waals surface area contributed by atoms with Crippen LogP contribution < -0.4 is 5.32 Å². The van der Waals surface area contributed by atoms with E-state index in [1.54, 1.807) is 23.9 Å². The van der Waals surface area contributed by atoms with Crippen LogP contribution in [0.1, 0.15) is 21.9 Å². The molecule has 0 radical (unpaired) electrons. The van der Waals surface area contributed by atoms with Crippen molar-refractivity contribution in [2.45, 2.75) is 20.4 Å². The van der Waals surface area contributed by atoms with E-state index in [4.69, 9.17) is 4.42 Å². The molecule has 0 atom stereocenters. The van der Waals surface area contributed by atoms with Gasteiger partial charge in [-0.3, -0.25) is 14.5 Å². The van der Waals surface area contributed by atoms with E-state index in [-0.39, 0.29) is 5.91 Å². The van der Waals surface area contributed by atoms with Crippen LogP contribution in [0.2, 0.25) is 0 Å². The van der Waals surface area contributed by atoms with Crippen LogP contribution in [-0.2, 0) is 6.54 Å². The van der Waals surface area contributed by atoms with Gasteiger partial charge in [-0.15, -0.1) is 0 Å². The summed E-state index contributed by atoms with van der Waals surface area (Å²) >= 11 is 0. The molecular formula is C17H18N4O2. The number of rotatable bonds is 5. The van der Waals surface area contributed by atoms with E-state index in [0.717, 1.165) is 17.1 Å². The summed E-state index contributed by atoms with van der Waals surface area (Å²) in [6.45, 7) is 4.70. The molecule has 1 N–H and O–H groups in total. The molecule has 1 amide bonds. The van der Waals surface area contributed by atoms with E-state index in [1.807, 2.05) is 37.4 Å². The molecule has 0 aliphatic carbocycles.